The van der Waals surface area contributed by atoms with Gasteiger partial charge in [0.25, 0.3) is 0 Å². The average Bonchev–Trinajstić information content (AvgIpc) is 2.80. The Labute approximate surface area is 135 Å². The molecule has 0 saturated carbocycles. The van der Waals surface area contributed by atoms with Gasteiger partial charge in [-0.3, -0.25) is 0 Å². The second-order valence-corrected chi connectivity index (χ2v) is 7.61. The number of rotatable bonds is 3. The summed E-state index contributed by atoms with van der Waals surface area (Å²) >= 11 is 11.3. The first kappa shape index (κ1) is 14.5. The number of fused-ring (bicyclic) bond motifs is 1. The number of aryl methyl sites for hydroxylation is 1. The van der Waals surface area contributed by atoms with E-state index in [1.54, 1.807) is 23.5 Å². The molecule has 1 aliphatic rings. The predicted octanol–water partition coefficient (Wildman–Crippen LogP) is 5.47. The standard InChI is InChI=1S/C15H14BrClFNS/c16-12-5-4-10(18)6-9(12)8-19-13-2-1-3-14-11(13)7-15(17)20-14/h4-7,13,19H,1-3,8H2. The Bertz CT molecular complexity index is 628. The lowest BCUT2D eigenvalue weighted by atomic mass is 9.94. The number of halogens is 3. The van der Waals surface area contributed by atoms with Crippen LogP contribution in [0.15, 0.2) is 28.7 Å². The Morgan fingerprint density at radius 2 is 2.25 bits per heavy atom. The molecule has 2 aromatic rings. The van der Waals surface area contributed by atoms with Crippen molar-refractivity contribution >= 4 is 38.9 Å². The van der Waals surface area contributed by atoms with Gasteiger partial charge in [0.2, 0.25) is 0 Å². The molecule has 3 rings (SSSR count). The minimum Gasteiger partial charge on any atom is -0.306 e. The Hall–Kier alpha value is -0.420. The summed E-state index contributed by atoms with van der Waals surface area (Å²) in [5.41, 5.74) is 2.26. The fourth-order valence-corrected chi connectivity index (χ4v) is 4.42. The molecule has 1 nitrogen and oxygen atoms in total. The van der Waals surface area contributed by atoms with E-state index < -0.39 is 0 Å². The zero-order chi connectivity index (χ0) is 14.1. The van der Waals surface area contributed by atoms with Gasteiger partial charge in [-0.1, -0.05) is 27.5 Å². The van der Waals surface area contributed by atoms with Gasteiger partial charge >= 0.3 is 0 Å². The van der Waals surface area contributed by atoms with Crippen molar-refractivity contribution in [3.8, 4) is 0 Å². The number of hydrogen-bond donors (Lipinski definition) is 1. The highest BCUT2D eigenvalue weighted by atomic mass is 79.9. The first-order chi connectivity index (χ1) is 9.63. The fraction of sp³-hybridized carbons (Fsp3) is 0.333. The molecule has 0 saturated heterocycles. The van der Waals surface area contributed by atoms with Crippen LogP contribution in [0.2, 0.25) is 4.34 Å². The summed E-state index contributed by atoms with van der Waals surface area (Å²) in [6.45, 7) is 0.649. The van der Waals surface area contributed by atoms with Crippen molar-refractivity contribution in [2.24, 2.45) is 0 Å². The summed E-state index contributed by atoms with van der Waals surface area (Å²) in [7, 11) is 0. The van der Waals surface area contributed by atoms with E-state index in [1.807, 2.05) is 0 Å². The molecule has 1 atom stereocenters. The molecule has 1 aliphatic carbocycles. The van der Waals surface area contributed by atoms with E-state index in [-0.39, 0.29) is 5.82 Å². The second-order valence-electron chi connectivity index (χ2n) is 4.99. The molecule has 1 aromatic carbocycles. The molecule has 1 N–H and O–H groups in total. The minimum absolute atomic E-state index is 0.201. The first-order valence-corrected chi connectivity index (χ1v) is 8.57. The Morgan fingerprint density at radius 1 is 1.40 bits per heavy atom. The third-order valence-electron chi connectivity index (χ3n) is 3.63. The summed E-state index contributed by atoms with van der Waals surface area (Å²) in [4.78, 5) is 1.39. The lowest BCUT2D eigenvalue weighted by molar-refractivity contribution is 0.462. The molecule has 0 amide bonds. The van der Waals surface area contributed by atoms with E-state index in [0.717, 1.165) is 27.2 Å². The molecule has 1 aromatic heterocycles. The van der Waals surface area contributed by atoms with Gasteiger partial charge in [0.1, 0.15) is 5.82 Å². The summed E-state index contributed by atoms with van der Waals surface area (Å²) in [6.07, 6.45) is 3.40. The van der Waals surface area contributed by atoms with Crippen molar-refractivity contribution in [2.75, 3.05) is 0 Å². The topological polar surface area (TPSA) is 12.0 Å². The molecular weight excluding hydrogens is 361 g/mol. The molecule has 1 unspecified atom stereocenters. The van der Waals surface area contributed by atoms with Crippen LogP contribution < -0.4 is 5.32 Å². The van der Waals surface area contributed by atoms with Crippen LogP contribution >= 0.6 is 38.9 Å². The van der Waals surface area contributed by atoms with Crippen LogP contribution in [-0.4, -0.2) is 0 Å². The summed E-state index contributed by atoms with van der Waals surface area (Å²) in [5, 5.41) is 3.53. The number of benzene rings is 1. The fourth-order valence-electron chi connectivity index (χ4n) is 2.65. The van der Waals surface area contributed by atoms with Crippen LogP contribution in [0.1, 0.15) is 34.9 Å². The Balaban J connectivity index is 1.74. The highest BCUT2D eigenvalue weighted by molar-refractivity contribution is 9.10. The van der Waals surface area contributed by atoms with E-state index in [2.05, 4.69) is 27.3 Å². The van der Waals surface area contributed by atoms with Gasteiger partial charge in [-0.2, -0.15) is 0 Å². The average molecular weight is 375 g/mol. The lowest BCUT2D eigenvalue weighted by Gasteiger charge is -2.24. The van der Waals surface area contributed by atoms with Gasteiger partial charge in [-0.15, -0.1) is 11.3 Å². The summed E-state index contributed by atoms with van der Waals surface area (Å²) in [5.74, 6) is -0.201. The van der Waals surface area contributed by atoms with Crippen molar-refractivity contribution in [3.63, 3.8) is 0 Å². The smallest absolute Gasteiger partial charge is 0.123 e. The SMILES string of the molecule is Fc1ccc(Br)c(CNC2CCCc3sc(Cl)cc32)c1. The highest BCUT2D eigenvalue weighted by Gasteiger charge is 2.22. The van der Waals surface area contributed by atoms with Gasteiger partial charge in [-0.25, -0.2) is 4.39 Å². The second kappa shape index (κ2) is 6.14. The van der Waals surface area contributed by atoms with Crippen molar-refractivity contribution in [2.45, 2.75) is 31.8 Å². The van der Waals surface area contributed by atoms with Crippen molar-refractivity contribution in [1.82, 2.24) is 5.32 Å². The third-order valence-corrected chi connectivity index (χ3v) is 5.74. The molecule has 0 fully saturated rings. The van der Waals surface area contributed by atoms with E-state index >= 15 is 0 Å². The molecule has 0 aliphatic heterocycles. The summed E-state index contributed by atoms with van der Waals surface area (Å²) in [6, 6.07) is 7.17. The molecule has 0 bridgehead atoms. The largest absolute Gasteiger partial charge is 0.306 e. The maximum Gasteiger partial charge on any atom is 0.123 e. The van der Waals surface area contributed by atoms with Gasteiger partial charge in [-0.05, 0) is 54.7 Å². The Kier molecular flexibility index (Phi) is 4.46. The highest BCUT2D eigenvalue weighted by Crippen LogP contribution is 2.38. The van der Waals surface area contributed by atoms with Crippen LogP contribution in [0.3, 0.4) is 0 Å². The number of nitrogens with one attached hydrogen (secondary N) is 1. The molecule has 106 valence electrons. The normalized spacial score (nSPS) is 18.1. The number of thiophene rings is 1. The maximum atomic E-state index is 13.3. The van der Waals surface area contributed by atoms with Crippen LogP contribution in [-0.2, 0) is 13.0 Å². The van der Waals surface area contributed by atoms with Crippen LogP contribution in [0.5, 0.6) is 0 Å². The van der Waals surface area contributed by atoms with E-state index in [0.29, 0.717) is 12.6 Å². The van der Waals surface area contributed by atoms with E-state index in [9.17, 15) is 4.39 Å². The van der Waals surface area contributed by atoms with Crippen molar-refractivity contribution < 1.29 is 4.39 Å². The molecule has 20 heavy (non-hydrogen) atoms. The molecular formula is C15H14BrClFNS. The van der Waals surface area contributed by atoms with Gasteiger partial charge in [0.05, 0.1) is 4.34 Å². The molecule has 1 heterocycles. The monoisotopic (exact) mass is 373 g/mol. The lowest BCUT2D eigenvalue weighted by Crippen LogP contribution is -2.24. The van der Waals surface area contributed by atoms with Crippen molar-refractivity contribution in [3.05, 3.63) is 54.9 Å². The molecule has 0 spiro atoms. The van der Waals surface area contributed by atoms with Gasteiger partial charge in [0, 0.05) is 21.9 Å². The van der Waals surface area contributed by atoms with E-state index in [1.165, 1.54) is 22.9 Å². The molecule has 5 heteroatoms. The van der Waals surface area contributed by atoms with Crippen molar-refractivity contribution in [1.29, 1.82) is 0 Å². The first-order valence-electron chi connectivity index (χ1n) is 6.59. The number of hydrogen-bond acceptors (Lipinski definition) is 2. The zero-order valence-electron chi connectivity index (χ0n) is 10.8. The minimum atomic E-state index is -0.201. The van der Waals surface area contributed by atoms with Crippen LogP contribution in [0.4, 0.5) is 4.39 Å². The van der Waals surface area contributed by atoms with Crippen LogP contribution in [0.25, 0.3) is 0 Å². The molecule has 0 radical (unpaired) electrons. The van der Waals surface area contributed by atoms with E-state index in [4.69, 9.17) is 11.6 Å². The maximum absolute atomic E-state index is 13.3. The van der Waals surface area contributed by atoms with Gasteiger partial charge in [0.15, 0.2) is 0 Å². The Morgan fingerprint density at radius 3 is 3.10 bits per heavy atom. The van der Waals surface area contributed by atoms with Gasteiger partial charge < -0.3 is 5.32 Å². The third kappa shape index (κ3) is 3.08. The van der Waals surface area contributed by atoms with Crippen LogP contribution in [0, 0.1) is 5.82 Å². The quantitative estimate of drug-likeness (QED) is 0.751. The predicted molar refractivity (Wildman–Crippen MR) is 85.9 cm³/mol. The summed E-state index contributed by atoms with van der Waals surface area (Å²) < 4.78 is 15.1. The zero-order valence-corrected chi connectivity index (χ0v) is 13.9.